The Bertz CT molecular complexity index is 910. The molecular formula is C26H30O7S. The summed E-state index contributed by atoms with van der Waals surface area (Å²) in [5.74, 6) is 0.767. The van der Waals surface area contributed by atoms with E-state index in [0.29, 0.717) is 13.2 Å². The van der Waals surface area contributed by atoms with Crippen LogP contribution in [0.25, 0.3) is 0 Å². The topological polar surface area (TPSA) is 72.5 Å². The molecule has 0 amide bonds. The molecular weight excluding hydrogens is 456 g/mol. The van der Waals surface area contributed by atoms with Gasteiger partial charge in [0.25, 0.3) is 0 Å². The summed E-state index contributed by atoms with van der Waals surface area (Å²) in [6, 6.07) is 19.5. The Morgan fingerprint density at radius 3 is 2.53 bits per heavy atom. The summed E-state index contributed by atoms with van der Waals surface area (Å²) in [4.78, 5) is 12.4. The monoisotopic (exact) mass is 486 g/mol. The third-order valence-corrected chi connectivity index (χ3v) is 6.56. The van der Waals surface area contributed by atoms with Crippen LogP contribution in [0, 0.1) is 0 Å². The molecule has 34 heavy (non-hydrogen) atoms. The van der Waals surface area contributed by atoms with Crippen LogP contribution in [0.5, 0.6) is 0 Å². The third kappa shape index (κ3) is 6.20. The van der Waals surface area contributed by atoms with Crippen molar-refractivity contribution in [2.75, 3.05) is 19.0 Å². The number of thioether (sulfide) groups is 1. The average molecular weight is 487 g/mol. The van der Waals surface area contributed by atoms with Gasteiger partial charge in [-0.15, -0.1) is 11.8 Å². The van der Waals surface area contributed by atoms with Gasteiger partial charge in [-0.1, -0.05) is 80.2 Å². The highest BCUT2D eigenvalue weighted by atomic mass is 32.2. The fraction of sp³-hybridized carbons (Fsp3) is 0.423. The zero-order chi connectivity index (χ0) is 23.8. The molecule has 2 saturated heterocycles. The summed E-state index contributed by atoms with van der Waals surface area (Å²) >= 11 is 1.54. The molecule has 0 N–H and O–H groups in total. The van der Waals surface area contributed by atoms with Crippen molar-refractivity contribution in [3.05, 3.63) is 84.4 Å². The first-order chi connectivity index (χ1) is 16.7. The number of rotatable bonds is 9. The van der Waals surface area contributed by atoms with E-state index in [1.54, 1.807) is 0 Å². The summed E-state index contributed by atoms with van der Waals surface area (Å²) in [6.45, 7) is 6.32. The summed E-state index contributed by atoms with van der Waals surface area (Å²) in [7, 11) is 0. The van der Waals surface area contributed by atoms with E-state index in [1.807, 2.05) is 67.6 Å². The van der Waals surface area contributed by atoms with Crippen LogP contribution in [0.4, 0.5) is 4.79 Å². The second kappa shape index (κ2) is 12.4. The van der Waals surface area contributed by atoms with E-state index >= 15 is 0 Å². The Kier molecular flexibility index (Phi) is 9.01. The molecule has 2 heterocycles. The number of ether oxygens (including phenoxy) is 6. The first-order valence-corrected chi connectivity index (χ1v) is 12.4. The molecule has 2 aliphatic rings. The average Bonchev–Trinajstić information content (AvgIpc) is 2.88. The lowest BCUT2D eigenvalue weighted by Crippen LogP contribution is -2.62. The van der Waals surface area contributed by atoms with Crippen molar-refractivity contribution < 1.29 is 33.2 Å². The Morgan fingerprint density at radius 2 is 1.82 bits per heavy atom. The quantitative estimate of drug-likeness (QED) is 0.367. The molecule has 4 rings (SSSR count). The minimum Gasteiger partial charge on any atom is -0.430 e. The first-order valence-electron chi connectivity index (χ1n) is 11.4. The van der Waals surface area contributed by atoms with Gasteiger partial charge in [0, 0.05) is 5.56 Å². The standard InChI is InChI=1S/C26H30O7S/c1-3-15-28-26(27)33-23-22(29-16-18-11-7-5-8-12-18)21-20(31-25(23)34-4-2)17-30-24(32-21)19-13-9-6-10-14-19/h3,5-14,20-25H,1,4,15-17H2,2H3/t20-,21-,22+,23-,24-,25+/m1/s1. The van der Waals surface area contributed by atoms with Gasteiger partial charge in [0.2, 0.25) is 0 Å². The van der Waals surface area contributed by atoms with E-state index in [0.717, 1.165) is 16.9 Å². The number of carbonyl (C=O) groups is 1. The lowest BCUT2D eigenvalue weighted by Gasteiger charge is -2.48. The van der Waals surface area contributed by atoms with Crippen LogP contribution >= 0.6 is 11.8 Å². The van der Waals surface area contributed by atoms with Gasteiger partial charge < -0.3 is 28.4 Å². The van der Waals surface area contributed by atoms with Gasteiger partial charge in [0.15, 0.2) is 12.4 Å². The first kappa shape index (κ1) is 24.8. The fourth-order valence-electron chi connectivity index (χ4n) is 3.98. The number of fused-ring (bicyclic) bond motifs is 1. The highest BCUT2D eigenvalue weighted by Crippen LogP contribution is 2.39. The molecule has 8 heteroatoms. The molecule has 2 aromatic carbocycles. The van der Waals surface area contributed by atoms with Crippen LogP contribution in [0.1, 0.15) is 24.3 Å². The van der Waals surface area contributed by atoms with E-state index in [-0.39, 0.29) is 12.7 Å². The minimum atomic E-state index is -0.798. The molecule has 0 saturated carbocycles. The minimum absolute atomic E-state index is 0.0556. The van der Waals surface area contributed by atoms with Crippen molar-refractivity contribution in [1.82, 2.24) is 0 Å². The van der Waals surface area contributed by atoms with Crippen LogP contribution in [-0.2, 0) is 35.0 Å². The molecule has 0 bridgehead atoms. The number of benzene rings is 2. The molecule has 2 aliphatic heterocycles. The van der Waals surface area contributed by atoms with Gasteiger partial charge >= 0.3 is 6.16 Å². The lowest BCUT2D eigenvalue weighted by atomic mass is 9.98. The molecule has 2 fully saturated rings. The number of carbonyl (C=O) groups excluding carboxylic acids is 1. The molecule has 0 radical (unpaired) electrons. The van der Waals surface area contributed by atoms with E-state index in [1.165, 1.54) is 17.8 Å². The van der Waals surface area contributed by atoms with Crippen molar-refractivity contribution in [2.24, 2.45) is 0 Å². The van der Waals surface area contributed by atoms with Crippen LogP contribution in [-0.4, -0.2) is 55.0 Å². The van der Waals surface area contributed by atoms with Gasteiger partial charge in [0.1, 0.15) is 30.4 Å². The van der Waals surface area contributed by atoms with Gasteiger partial charge in [-0.25, -0.2) is 4.79 Å². The SMILES string of the molecule is C=CCOC(=O)O[C@@H]1[C@@H](OCc2ccccc2)[C@@H]2O[C@H](c3ccccc3)OC[C@H]2O[C@H]1SCC. The van der Waals surface area contributed by atoms with E-state index in [2.05, 4.69) is 6.58 Å². The van der Waals surface area contributed by atoms with E-state index < -0.39 is 36.2 Å². The van der Waals surface area contributed by atoms with Crippen molar-refractivity contribution >= 4 is 17.9 Å². The Labute approximate surface area is 204 Å². The molecule has 0 aliphatic carbocycles. The largest absolute Gasteiger partial charge is 0.509 e. The van der Waals surface area contributed by atoms with Crippen LogP contribution in [0.3, 0.4) is 0 Å². The molecule has 182 valence electrons. The molecule has 0 unspecified atom stereocenters. The van der Waals surface area contributed by atoms with Crippen molar-refractivity contribution in [3.63, 3.8) is 0 Å². The van der Waals surface area contributed by atoms with Crippen LogP contribution in [0.15, 0.2) is 73.3 Å². The summed E-state index contributed by atoms with van der Waals surface area (Å²) in [5, 5.41) is 0. The molecule has 0 spiro atoms. The van der Waals surface area contributed by atoms with Gasteiger partial charge in [-0.3, -0.25) is 0 Å². The molecule has 2 aromatic rings. The maximum absolute atomic E-state index is 12.4. The molecule has 7 nitrogen and oxygen atoms in total. The second-order valence-electron chi connectivity index (χ2n) is 7.87. The summed E-state index contributed by atoms with van der Waals surface area (Å²) in [6.07, 6.45) is -2.08. The van der Waals surface area contributed by atoms with Gasteiger partial charge in [0.05, 0.1) is 13.2 Å². The maximum Gasteiger partial charge on any atom is 0.509 e. The van der Waals surface area contributed by atoms with Gasteiger partial charge in [-0.05, 0) is 11.3 Å². The zero-order valence-corrected chi connectivity index (χ0v) is 19.9. The predicted octanol–water partition coefficient (Wildman–Crippen LogP) is 4.87. The molecule has 0 aromatic heterocycles. The van der Waals surface area contributed by atoms with Crippen molar-refractivity contribution in [2.45, 2.75) is 49.7 Å². The highest BCUT2D eigenvalue weighted by Gasteiger charge is 2.52. The van der Waals surface area contributed by atoms with E-state index in [4.69, 9.17) is 28.4 Å². The van der Waals surface area contributed by atoms with Gasteiger partial charge in [-0.2, -0.15) is 0 Å². The number of hydrogen-bond donors (Lipinski definition) is 0. The normalized spacial score (nSPS) is 28.5. The smallest absolute Gasteiger partial charge is 0.430 e. The maximum atomic E-state index is 12.4. The Hall–Kier alpha value is -2.36. The molecule has 6 atom stereocenters. The van der Waals surface area contributed by atoms with Crippen LogP contribution in [0.2, 0.25) is 0 Å². The zero-order valence-electron chi connectivity index (χ0n) is 19.1. The summed E-state index contributed by atoms with van der Waals surface area (Å²) < 4.78 is 35.9. The highest BCUT2D eigenvalue weighted by molar-refractivity contribution is 7.99. The Morgan fingerprint density at radius 1 is 1.09 bits per heavy atom. The van der Waals surface area contributed by atoms with Crippen molar-refractivity contribution in [1.29, 1.82) is 0 Å². The summed E-state index contributed by atoms with van der Waals surface area (Å²) in [5.41, 5.74) is 1.45. The van der Waals surface area contributed by atoms with E-state index in [9.17, 15) is 4.79 Å². The number of hydrogen-bond acceptors (Lipinski definition) is 8. The Balaban J connectivity index is 1.58. The third-order valence-electron chi connectivity index (χ3n) is 5.52. The second-order valence-corrected chi connectivity index (χ2v) is 9.24. The predicted molar refractivity (Wildman–Crippen MR) is 128 cm³/mol. The lowest BCUT2D eigenvalue weighted by molar-refractivity contribution is -0.325. The fourth-order valence-corrected chi connectivity index (χ4v) is 4.93. The van der Waals surface area contributed by atoms with Crippen LogP contribution < -0.4 is 0 Å². The van der Waals surface area contributed by atoms with Crippen molar-refractivity contribution in [3.8, 4) is 0 Å².